The first-order chi connectivity index (χ1) is 8.47. The molecule has 0 saturated heterocycles. The van der Waals surface area contributed by atoms with Gasteiger partial charge in [-0.05, 0) is 26.2 Å². The minimum absolute atomic E-state index is 0.0762. The van der Waals surface area contributed by atoms with Crippen LogP contribution in [0, 0.1) is 5.92 Å². The Hall–Kier alpha value is -1.03. The van der Waals surface area contributed by atoms with Crippen molar-refractivity contribution in [2.24, 2.45) is 5.92 Å². The highest BCUT2D eigenvalue weighted by Gasteiger charge is 2.15. The van der Waals surface area contributed by atoms with Crippen molar-refractivity contribution >= 4 is 17.4 Å². The van der Waals surface area contributed by atoms with Gasteiger partial charge in [0.25, 0.3) is 5.56 Å². The summed E-state index contributed by atoms with van der Waals surface area (Å²) in [4.78, 5) is 16.3. The van der Waals surface area contributed by atoms with Gasteiger partial charge in [0.05, 0.1) is 0 Å². The van der Waals surface area contributed by atoms with Crippen molar-refractivity contribution in [3.63, 3.8) is 0 Å². The lowest BCUT2D eigenvalue weighted by atomic mass is 10.0. The molecular weight excluding hydrogens is 250 g/mol. The van der Waals surface area contributed by atoms with Gasteiger partial charge in [0.15, 0.2) is 5.82 Å². The summed E-state index contributed by atoms with van der Waals surface area (Å²) in [6, 6.07) is 0.303. The Morgan fingerprint density at radius 3 is 2.56 bits per heavy atom. The van der Waals surface area contributed by atoms with Crippen molar-refractivity contribution in [1.29, 1.82) is 0 Å². The van der Waals surface area contributed by atoms with Crippen molar-refractivity contribution in [3.05, 3.63) is 22.7 Å². The largest absolute Gasteiger partial charge is 0.362 e. The van der Waals surface area contributed by atoms with Gasteiger partial charge in [0.2, 0.25) is 0 Å². The normalized spacial score (nSPS) is 13.1. The molecule has 0 saturated carbocycles. The summed E-state index contributed by atoms with van der Waals surface area (Å²) in [7, 11) is 0. The van der Waals surface area contributed by atoms with Crippen LogP contribution in [0.15, 0.2) is 17.2 Å². The van der Waals surface area contributed by atoms with Crippen LogP contribution in [0.5, 0.6) is 0 Å². The molecule has 0 bridgehead atoms. The van der Waals surface area contributed by atoms with E-state index in [1.807, 2.05) is 13.8 Å². The minimum Gasteiger partial charge on any atom is -0.362 e. The molecule has 0 aliphatic rings. The third-order valence-electron chi connectivity index (χ3n) is 2.97. The van der Waals surface area contributed by atoms with Gasteiger partial charge in [-0.25, -0.2) is 4.98 Å². The summed E-state index contributed by atoms with van der Waals surface area (Å²) >= 11 is 5.78. The van der Waals surface area contributed by atoms with Gasteiger partial charge >= 0.3 is 0 Å². The van der Waals surface area contributed by atoms with Crippen molar-refractivity contribution in [2.45, 2.75) is 46.2 Å². The van der Waals surface area contributed by atoms with Crippen LogP contribution in [0.3, 0.4) is 0 Å². The predicted molar refractivity (Wildman–Crippen MR) is 76.5 cm³/mol. The first-order valence-electron chi connectivity index (χ1n) is 6.37. The fourth-order valence-electron chi connectivity index (χ4n) is 1.80. The van der Waals surface area contributed by atoms with Crippen LogP contribution in [0.1, 0.15) is 40.2 Å². The number of rotatable bonds is 6. The molecule has 1 heterocycles. The van der Waals surface area contributed by atoms with Crippen molar-refractivity contribution < 1.29 is 0 Å². The van der Waals surface area contributed by atoms with Crippen molar-refractivity contribution in [1.82, 2.24) is 9.55 Å². The molecule has 1 aromatic rings. The molecule has 5 heteroatoms. The van der Waals surface area contributed by atoms with Crippen LogP contribution in [-0.4, -0.2) is 21.5 Å². The van der Waals surface area contributed by atoms with E-state index >= 15 is 0 Å². The third kappa shape index (κ3) is 3.73. The second kappa shape index (κ2) is 6.78. The zero-order valence-corrected chi connectivity index (χ0v) is 12.2. The molecule has 0 amide bonds. The molecule has 1 aromatic heterocycles. The molecule has 0 spiro atoms. The van der Waals surface area contributed by atoms with E-state index in [1.54, 1.807) is 17.0 Å². The molecule has 1 rings (SSSR count). The Kier molecular flexibility index (Phi) is 5.66. The Morgan fingerprint density at radius 2 is 2.06 bits per heavy atom. The lowest BCUT2D eigenvalue weighted by molar-refractivity contribution is 0.508. The number of halogens is 1. The van der Waals surface area contributed by atoms with Gasteiger partial charge in [-0.1, -0.05) is 13.8 Å². The topological polar surface area (TPSA) is 46.9 Å². The van der Waals surface area contributed by atoms with E-state index in [4.69, 9.17) is 11.6 Å². The van der Waals surface area contributed by atoms with Gasteiger partial charge in [-0.15, -0.1) is 11.6 Å². The highest BCUT2D eigenvalue weighted by molar-refractivity contribution is 6.17. The van der Waals surface area contributed by atoms with Gasteiger partial charge in [-0.3, -0.25) is 4.79 Å². The van der Waals surface area contributed by atoms with E-state index in [-0.39, 0.29) is 17.6 Å². The molecule has 18 heavy (non-hydrogen) atoms. The minimum atomic E-state index is -0.0762. The molecule has 1 atom stereocenters. The van der Waals surface area contributed by atoms with Crippen LogP contribution in [0.25, 0.3) is 0 Å². The van der Waals surface area contributed by atoms with E-state index < -0.39 is 0 Å². The van der Waals surface area contributed by atoms with E-state index in [1.165, 1.54) is 0 Å². The lowest BCUT2D eigenvalue weighted by Gasteiger charge is -2.22. The molecule has 0 aliphatic carbocycles. The van der Waals surface area contributed by atoms with E-state index in [9.17, 15) is 4.79 Å². The first-order valence-corrected chi connectivity index (χ1v) is 6.90. The maximum absolute atomic E-state index is 12.2. The average molecular weight is 272 g/mol. The molecule has 0 radical (unpaired) electrons. The Bertz CT molecular complexity index is 428. The Labute approximate surface area is 113 Å². The fraction of sp³-hybridized carbons (Fsp3) is 0.692. The number of anilines is 1. The van der Waals surface area contributed by atoms with E-state index in [0.717, 1.165) is 6.42 Å². The first kappa shape index (κ1) is 15.0. The van der Waals surface area contributed by atoms with Gasteiger partial charge in [-0.2, -0.15) is 0 Å². The summed E-state index contributed by atoms with van der Waals surface area (Å²) < 4.78 is 1.67. The van der Waals surface area contributed by atoms with Crippen LogP contribution >= 0.6 is 11.6 Å². The standard InChI is InChI=1S/C13H22ClN3O/c1-9(2)11(5-6-14)16-12-13(18)17(10(3)4)8-7-15-12/h7-11H,5-6H2,1-4H3,(H,15,16). The number of nitrogens with zero attached hydrogens (tertiary/aromatic N) is 2. The van der Waals surface area contributed by atoms with Crippen molar-refractivity contribution in [3.8, 4) is 0 Å². The second-order valence-electron chi connectivity index (χ2n) is 5.05. The number of hydrogen-bond donors (Lipinski definition) is 1. The van der Waals surface area contributed by atoms with Crippen LogP contribution in [-0.2, 0) is 0 Å². The van der Waals surface area contributed by atoms with Crippen LogP contribution < -0.4 is 10.9 Å². The van der Waals surface area contributed by atoms with E-state index in [2.05, 4.69) is 24.1 Å². The Balaban J connectivity index is 2.96. The monoisotopic (exact) mass is 271 g/mol. The zero-order valence-electron chi connectivity index (χ0n) is 11.5. The van der Waals surface area contributed by atoms with Gasteiger partial charge in [0.1, 0.15) is 0 Å². The third-order valence-corrected chi connectivity index (χ3v) is 3.19. The van der Waals surface area contributed by atoms with Crippen LogP contribution in [0.4, 0.5) is 5.82 Å². The smallest absolute Gasteiger partial charge is 0.293 e. The maximum atomic E-state index is 12.2. The molecule has 0 aliphatic heterocycles. The summed E-state index contributed by atoms with van der Waals surface area (Å²) in [5.41, 5.74) is -0.0762. The molecular formula is C13H22ClN3O. The zero-order chi connectivity index (χ0) is 13.7. The summed E-state index contributed by atoms with van der Waals surface area (Å²) in [5, 5.41) is 3.21. The molecule has 4 nitrogen and oxygen atoms in total. The highest BCUT2D eigenvalue weighted by atomic mass is 35.5. The molecule has 1 N–H and O–H groups in total. The summed E-state index contributed by atoms with van der Waals surface area (Å²) in [6.45, 7) is 8.16. The highest BCUT2D eigenvalue weighted by Crippen LogP contribution is 2.12. The number of nitrogens with one attached hydrogen (secondary N) is 1. The summed E-state index contributed by atoms with van der Waals surface area (Å²) in [6.07, 6.45) is 4.18. The fourth-order valence-corrected chi connectivity index (χ4v) is 2.03. The van der Waals surface area contributed by atoms with E-state index in [0.29, 0.717) is 17.6 Å². The summed E-state index contributed by atoms with van der Waals surface area (Å²) in [5.74, 6) is 1.38. The number of hydrogen-bond acceptors (Lipinski definition) is 3. The average Bonchev–Trinajstić information content (AvgIpc) is 2.30. The number of aromatic nitrogens is 2. The van der Waals surface area contributed by atoms with Crippen molar-refractivity contribution in [2.75, 3.05) is 11.2 Å². The maximum Gasteiger partial charge on any atom is 0.293 e. The molecule has 0 aromatic carbocycles. The lowest BCUT2D eigenvalue weighted by Crippen LogP contribution is -2.33. The Morgan fingerprint density at radius 1 is 1.39 bits per heavy atom. The molecule has 1 unspecified atom stereocenters. The number of alkyl halides is 1. The van der Waals surface area contributed by atoms with Gasteiger partial charge < -0.3 is 9.88 Å². The van der Waals surface area contributed by atoms with Gasteiger partial charge in [0, 0.05) is 30.4 Å². The molecule has 102 valence electrons. The SMILES string of the molecule is CC(C)C(CCCl)Nc1nccn(C(C)C)c1=O. The quantitative estimate of drug-likeness (QED) is 0.810. The molecule has 0 fully saturated rings. The predicted octanol–water partition coefficient (Wildman–Crippen LogP) is 2.89. The van der Waals surface area contributed by atoms with Crippen LogP contribution in [0.2, 0.25) is 0 Å². The second-order valence-corrected chi connectivity index (χ2v) is 5.43.